The Morgan fingerprint density at radius 1 is 1.14 bits per heavy atom. The van der Waals surface area contributed by atoms with Crippen LogP contribution in [0.4, 0.5) is 4.79 Å². The van der Waals surface area contributed by atoms with Gasteiger partial charge in [-0.3, -0.25) is 4.79 Å². The summed E-state index contributed by atoms with van der Waals surface area (Å²) in [7, 11) is 0. The maximum atomic E-state index is 12.0. The summed E-state index contributed by atoms with van der Waals surface area (Å²) in [5, 5.41) is 3.35. The second-order valence-corrected chi connectivity index (χ2v) is 5.20. The molecule has 0 aliphatic carbocycles. The van der Waals surface area contributed by atoms with Crippen LogP contribution in [0.2, 0.25) is 5.02 Å². The predicted octanol–water partition coefficient (Wildman–Crippen LogP) is 2.18. The predicted molar refractivity (Wildman–Crippen MR) is 82.8 cm³/mol. The number of nitrogens with one attached hydrogen (secondary N) is 1. The summed E-state index contributed by atoms with van der Waals surface area (Å²) < 4.78 is 0. The van der Waals surface area contributed by atoms with Crippen LogP contribution in [0.1, 0.15) is 12.5 Å². The molecular formula is C15H18ClN3O2. The van der Waals surface area contributed by atoms with Gasteiger partial charge < -0.3 is 15.1 Å². The van der Waals surface area contributed by atoms with Gasteiger partial charge in [-0.2, -0.15) is 0 Å². The van der Waals surface area contributed by atoms with Crippen molar-refractivity contribution in [1.29, 1.82) is 0 Å². The van der Waals surface area contributed by atoms with E-state index in [4.69, 9.17) is 11.6 Å². The Bertz CT molecular complexity index is 552. The molecule has 6 heteroatoms. The lowest BCUT2D eigenvalue weighted by molar-refractivity contribution is -0.130. The van der Waals surface area contributed by atoms with E-state index in [1.54, 1.807) is 35.1 Å². The average molecular weight is 308 g/mol. The second-order valence-electron chi connectivity index (χ2n) is 4.80. The molecule has 1 aromatic carbocycles. The molecule has 5 nitrogen and oxygen atoms in total. The Balaban J connectivity index is 1.83. The van der Waals surface area contributed by atoms with Crippen molar-refractivity contribution in [2.45, 2.75) is 6.92 Å². The van der Waals surface area contributed by atoms with Crippen molar-refractivity contribution >= 4 is 29.6 Å². The normalized spacial score (nSPS) is 15.3. The maximum absolute atomic E-state index is 12.0. The average Bonchev–Trinajstić information content (AvgIpc) is 2.49. The van der Waals surface area contributed by atoms with Crippen molar-refractivity contribution in [1.82, 2.24) is 15.1 Å². The van der Waals surface area contributed by atoms with Gasteiger partial charge in [0.2, 0.25) is 5.91 Å². The van der Waals surface area contributed by atoms with Crippen molar-refractivity contribution in [2.75, 3.05) is 26.2 Å². The van der Waals surface area contributed by atoms with E-state index in [1.165, 1.54) is 0 Å². The first-order chi connectivity index (χ1) is 10.1. The lowest BCUT2D eigenvalue weighted by Gasteiger charge is -2.33. The number of urea groups is 1. The lowest BCUT2D eigenvalue weighted by Crippen LogP contribution is -2.52. The molecule has 1 N–H and O–H groups in total. The number of piperazine rings is 1. The summed E-state index contributed by atoms with van der Waals surface area (Å²) in [4.78, 5) is 26.6. The van der Waals surface area contributed by atoms with E-state index in [0.717, 1.165) is 5.56 Å². The SMILES string of the molecule is CC(=O)N1CCN(C(=O)N/C=C/c2ccccc2Cl)CC1. The molecule has 1 aliphatic heterocycles. The third kappa shape index (κ3) is 4.23. The van der Waals surface area contributed by atoms with Crippen molar-refractivity contribution in [3.8, 4) is 0 Å². The number of halogens is 1. The quantitative estimate of drug-likeness (QED) is 0.910. The Labute approximate surface area is 129 Å². The standard InChI is InChI=1S/C15H18ClN3O2/c1-12(20)18-8-10-19(11-9-18)15(21)17-7-6-13-4-2-3-5-14(13)16/h2-7H,8-11H2,1H3,(H,17,21)/b7-6+. The second kappa shape index (κ2) is 7.13. The van der Waals surface area contributed by atoms with Crippen LogP contribution in [0.3, 0.4) is 0 Å². The highest BCUT2D eigenvalue weighted by Crippen LogP contribution is 2.15. The number of carbonyl (C=O) groups excluding carboxylic acids is 2. The molecule has 2 rings (SSSR count). The first-order valence-corrected chi connectivity index (χ1v) is 7.18. The van der Waals surface area contributed by atoms with Gasteiger partial charge in [-0.1, -0.05) is 29.8 Å². The number of amides is 3. The molecule has 3 amide bonds. The molecule has 0 aromatic heterocycles. The van der Waals surface area contributed by atoms with Crippen molar-refractivity contribution in [2.24, 2.45) is 0 Å². The number of carbonyl (C=O) groups is 2. The topological polar surface area (TPSA) is 52.7 Å². The van der Waals surface area contributed by atoms with Crippen LogP contribution >= 0.6 is 11.6 Å². The van der Waals surface area contributed by atoms with Crippen LogP contribution in [0, 0.1) is 0 Å². The molecule has 0 bridgehead atoms. The fourth-order valence-corrected chi connectivity index (χ4v) is 2.33. The Morgan fingerprint density at radius 3 is 2.38 bits per heavy atom. The lowest BCUT2D eigenvalue weighted by atomic mass is 10.2. The molecule has 1 aliphatic rings. The van der Waals surface area contributed by atoms with Crippen LogP contribution in [0.25, 0.3) is 6.08 Å². The number of hydrogen-bond donors (Lipinski definition) is 1. The van der Waals surface area contributed by atoms with Crippen LogP contribution in [0.5, 0.6) is 0 Å². The molecular weight excluding hydrogens is 290 g/mol. The first kappa shape index (κ1) is 15.4. The molecule has 112 valence electrons. The third-order valence-corrected chi connectivity index (χ3v) is 3.73. The molecule has 1 heterocycles. The molecule has 0 spiro atoms. The van der Waals surface area contributed by atoms with Gasteiger partial charge >= 0.3 is 6.03 Å². The van der Waals surface area contributed by atoms with E-state index in [-0.39, 0.29) is 11.9 Å². The monoisotopic (exact) mass is 307 g/mol. The smallest absolute Gasteiger partial charge is 0.321 e. The Hall–Kier alpha value is -2.01. The van der Waals surface area contributed by atoms with Gasteiger partial charge in [0.05, 0.1) is 0 Å². The summed E-state index contributed by atoms with van der Waals surface area (Å²) in [6.45, 7) is 3.80. The van der Waals surface area contributed by atoms with E-state index in [1.807, 2.05) is 18.2 Å². The number of hydrogen-bond acceptors (Lipinski definition) is 2. The van der Waals surface area contributed by atoms with Crippen LogP contribution < -0.4 is 5.32 Å². The molecule has 21 heavy (non-hydrogen) atoms. The summed E-state index contributed by atoms with van der Waals surface area (Å²) >= 11 is 6.02. The number of benzene rings is 1. The minimum Gasteiger partial charge on any atom is -0.339 e. The van der Waals surface area contributed by atoms with Gasteiger partial charge in [0.1, 0.15) is 0 Å². The fourth-order valence-electron chi connectivity index (χ4n) is 2.13. The van der Waals surface area contributed by atoms with E-state index in [0.29, 0.717) is 31.2 Å². The largest absolute Gasteiger partial charge is 0.339 e. The molecule has 1 aromatic rings. The molecule has 1 saturated heterocycles. The maximum Gasteiger partial charge on any atom is 0.321 e. The Kier molecular flexibility index (Phi) is 5.22. The first-order valence-electron chi connectivity index (χ1n) is 6.80. The van der Waals surface area contributed by atoms with Gasteiger partial charge in [0.25, 0.3) is 0 Å². The summed E-state index contributed by atoms with van der Waals surface area (Å²) in [5.74, 6) is 0.0497. The van der Waals surface area contributed by atoms with Gasteiger partial charge in [0, 0.05) is 44.3 Å². The highest BCUT2D eigenvalue weighted by Gasteiger charge is 2.21. The van der Waals surface area contributed by atoms with Crippen LogP contribution in [-0.4, -0.2) is 47.9 Å². The van der Waals surface area contributed by atoms with Gasteiger partial charge in [0.15, 0.2) is 0 Å². The molecule has 0 radical (unpaired) electrons. The van der Waals surface area contributed by atoms with E-state index >= 15 is 0 Å². The molecule has 1 fully saturated rings. The molecule has 0 saturated carbocycles. The minimum atomic E-state index is -0.165. The third-order valence-electron chi connectivity index (χ3n) is 3.39. The zero-order valence-electron chi connectivity index (χ0n) is 11.9. The minimum absolute atomic E-state index is 0.0497. The highest BCUT2D eigenvalue weighted by molar-refractivity contribution is 6.32. The molecule has 0 atom stereocenters. The Morgan fingerprint density at radius 2 is 1.76 bits per heavy atom. The van der Waals surface area contributed by atoms with Crippen LogP contribution in [-0.2, 0) is 4.79 Å². The van der Waals surface area contributed by atoms with Gasteiger partial charge in [-0.05, 0) is 17.7 Å². The molecule has 0 unspecified atom stereocenters. The van der Waals surface area contributed by atoms with E-state index < -0.39 is 0 Å². The van der Waals surface area contributed by atoms with E-state index in [9.17, 15) is 9.59 Å². The number of nitrogens with zero attached hydrogens (tertiary/aromatic N) is 2. The summed E-state index contributed by atoms with van der Waals surface area (Å²) in [6.07, 6.45) is 3.34. The van der Waals surface area contributed by atoms with Gasteiger partial charge in [-0.15, -0.1) is 0 Å². The van der Waals surface area contributed by atoms with Crippen molar-refractivity contribution < 1.29 is 9.59 Å². The zero-order valence-corrected chi connectivity index (χ0v) is 12.6. The fraction of sp³-hybridized carbons (Fsp3) is 0.333. The summed E-state index contributed by atoms with van der Waals surface area (Å²) in [6, 6.07) is 7.24. The summed E-state index contributed by atoms with van der Waals surface area (Å²) in [5.41, 5.74) is 0.848. The number of rotatable bonds is 2. The zero-order chi connectivity index (χ0) is 15.2. The highest BCUT2D eigenvalue weighted by atomic mass is 35.5. The van der Waals surface area contributed by atoms with Crippen LogP contribution in [0.15, 0.2) is 30.5 Å². The van der Waals surface area contributed by atoms with Gasteiger partial charge in [-0.25, -0.2) is 4.79 Å². The van der Waals surface area contributed by atoms with Crippen molar-refractivity contribution in [3.63, 3.8) is 0 Å². The van der Waals surface area contributed by atoms with E-state index in [2.05, 4.69) is 5.32 Å². The van der Waals surface area contributed by atoms with Crippen molar-refractivity contribution in [3.05, 3.63) is 41.1 Å².